The summed E-state index contributed by atoms with van der Waals surface area (Å²) in [5.74, 6) is -1.71. The molecule has 11 heteroatoms. The van der Waals surface area contributed by atoms with Crippen LogP contribution in [0.2, 0.25) is 0 Å². The molecular weight excluding hydrogens is 499 g/mol. The van der Waals surface area contributed by atoms with Gasteiger partial charge in [-0.05, 0) is 48.9 Å². The minimum atomic E-state index is -4.72. The zero-order valence-corrected chi connectivity index (χ0v) is 20.5. The average molecular weight is 528 g/mol. The highest BCUT2D eigenvalue weighted by Gasteiger charge is 2.37. The molecule has 200 valence electrons. The van der Waals surface area contributed by atoms with Crippen LogP contribution in [0.5, 0.6) is 0 Å². The number of carbonyl (C=O) groups is 2. The summed E-state index contributed by atoms with van der Waals surface area (Å²) in [5.41, 5.74) is 6.15. The molecule has 1 aliphatic heterocycles. The Morgan fingerprint density at radius 1 is 1.11 bits per heavy atom. The van der Waals surface area contributed by atoms with Gasteiger partial charge in [-0.3, -0.25) is 4.79 Å². The van der Waals surface area contributed by atoms with E-state index in [0.29, 0.717) is 24.8 Å². The standard InChI is InChI=1S/C27H28F3N5O3/c28-27(29,30)21-16-32-25(34-24(21)19(15-23(31)36)14-17-6-2-1-3-7-17)33-20-11-9-18(10-12-20)22-8-4-5-13-35(22)26(37)38/h1-3,6-7,9-12,16,19,22H,4-5,8,13-15H2,(H2,31,36)(H,37,38)(H,32,33,34). The molecular formula is C27H28F3N5O3. The Morgan fingerprint density at radius 2 is 1.82 bits per heavy atom. The zero-order valence-electron chi connectivity index (χ0n) is 20.5. The van der Waals surface area contributed by atoms with E-state index in [-0.39, 0.29) is 30.5 Å². The number of anilines is 2. The molecule has 1 saturated heterocycles. The summed E-state index contributed by atoms with van der Waals surface area (Å²) in [4.78, 5) is 32.9. The van der Waals surface area contributed by atoms with E-state index >= 15 is 0 Å². The summed E-state index contributed by atoms with van der Waals surface area (Å²) in [6.45, 7) is 0.470. The Bertz CT molecular complexity index is 1270. The number of carboxylic acid groups (broad SMARTS) is 1. The minimum absolute atomic E-state index is 0.0619. The highest BCUT2D eigenvalue weighted by molar-refractivity contribution is 5.75. The van der Waals surface area contributed by atoms with Gasteiger partial charge in [0.1, 0.15) is 0 Å². The van der Waals surface area contributed by atoms with Crippen molar-refractivity contribution < 1.29 is 27.9 Å². The molecule has 0 bridgehead atoms. The number of rotatable bonds is 8. The van der Waals surface area contributed by atoms with Crippen molar-refractivity contribution >= 4 is 23.6 Å². The molecule has 0 saturated carbocycles. The minimum Gasteiger partial charge on any atom is -0.465 e. The maximum absolute atomic E-state index is 13.9. The van der Waals surface area contributed by atoms with Crippen LogP contribution in [-0.4, -0.2) is 38.5 Å². The van der Waals surface area contributed by atoms with Gasteiger partial charge in [-0.25, -0.2) is 14.8 Å². The number of primary amides is 1. The van der Waals surface area contributed by atoms with Crippen LogP contribution >= 0.6 is 0 Å². The van der Waals surface area contributed by atoms with Crippen molar-refractivity contribution in [2.45, 2.75) is 50.2 Å². The lowest BCUT2D eigenvalue weighted by molar-refractivity contribution is -0.139. The van der Waals surface area contributed by atoms with E-state index < -0.39 is 29.7 Å². The first kappa shape index (κ1) is 26.9. The first-order chi connectivity index (χ1) is 18.1. The van der Waals surface area contributed by atoms with Crippen LogP contribution in [0.4, 0.5) is 29.6 Å². The Kier molecular flexibility index (Phi) is 8.13. The van der Waals surface area contributed by atoms with Gasteiger partial charge in [0.25, 0.3) is 0 Å². The lowest BCUT2D eigenvalue weighted by atomic mass is 9.90. The van der Waals surface area contributed by atoms with Crippen LogP contribution in [0.15, 0.2) is 60.8 Å². The number of hydrogen-bond acceptors (Lipinski definition) is 5. The predicted octanol–water partition coefficient (Wildman–Crippen LogP) is 5.65. The van der Waals surface area contributed by atoms with Crippen molar-refractivity contribution in [2.75, 3.05) is 11.9 Å². The summed E-state index contributed by atoms with van der Waals surface area (Å²) >= 11 is 0. The first-order valence-corrected chi connectivity index (χ1v) is 12.2. The van der Waals surface area contributed by atoms with Crippen molar-refractivity contribution in [3.8, 4) is 0 Å². The van der Waals surface area contributed by atoms with E-state index in [1.807, 2.05) is 0 Å². The van der Waals surface area contributed by atoms with Crippen LogP contribution in [0.3, 0.4) is 0 Å². The molecule has 0 aliphatic carbocycles. The number of carbonyl (C=O) groups excluding carboxylic acids is 1. The van der Waals surface area contributed by atoms with E-state index in [2.05, 4.69) is 15.3 Å². The largest absolute Gasteiger partial charge is 0.465 e. The summed E-state index contributed by atoms with van der Waals surface area (Å²) in [6.07, 6.45) is -2.70. The molecule has 1 fully saturated rings. The number of amides is 2. The van der Waals surface area contributed by atoms with Crippen molar-refractivity contribution in [2.24, 2.45) is 5.73 Å². The number of aromatic nitrogens is 2. The fourth-order valence-corrected chi connectivity index (χ4v) is 4.82. The first-order valence-electron chi connectivity index (χ1n) is 12.2. The van der Waals surface area contributed by atoms with Crippen LogP contribution in [-0.2, 0) is 17.4 Å². The highest BCUT2D eigenvalue weighted by atomic mass is 19.4. The molecule has 38 heavy (non-hydrogen) atoms. The zero-order chi connectivity index (χ0) is 27.3. The van der Waals surface area contributed by atoms with Gasteiger partial charge < -0.3 is 21.1 Å². The molecule has 2 heterocycles. The molecule has 2 atom stereocenters. The van der Waals surface area contributed by atoms with Crippen molar-refractivity contribution in [1.82, 2.24) is 14.9 Å². The fourth-order valence-electron chi connectivity index (χ4n) is 4.82. The van der Waals surface area contributed by atoms with Crippen molar-refractivity contribution in [3.05, 3.63) is 83.2 Å². The molecule has 4 N–H and O–H groups in total. The molecule has 2 amide bonds. The number of nitrogens with one attached hydrogen (secondary N) is 1. The van der Waals surface area contributed by atoms with Gasteiger partial charge in [0.2, 0.25) is 11.9 Å². The number of benzene rings is 2. The molecule has 3 aromatic rings. The summed E-state index contributed by atoms with van der Waals surface area (Å²) < 4.78 is 41.7. The molecule has 2 aromatic carbocycles. The average Bonchev–Trinajstić information content (AvgIpc) is 2.88. The number of likely N-dealkylation sites (tertiary alicyclic amines) is 1. The molecule has 1 aliphatic rings. The summed E-state index contributed by atoms with van der Waals surface area (Å²) in [5, 5.41) is 12.4. The molecule has 4 rings (SSSR count). The van der Waals surface area contributed by atoms with Gasteiger partial charge in [0.15, 0.2) is 0 Å². The SMILES string of the molecule is NC(=O)CC(Cc1ccccc1)c1nc(Nc2ccc(C3CCCCN3C(=O)O)cc2)ncc1C(F)(F)F. The number of halogens is 3. The molecule has 0 spiro atoms. The van der Waals surface area contributed by atoms with Crippen LogP contribution in [0.1, 0.15) is 60.0 Å². The Morgan fingerprint density at radius 3 is 2.45 bits per heavy atom. The number of piperidine rings is 1. The monoisotopic (exact) mass is 527 g/mol. The topological polar surface area (TPSA) is 121 Å². The summed E-state index contributed by atoms with van der Waals surface area (Å²) in [7, 11) is 0. The number of nitrogens with zero attached hydrogens (tertiary/aromatic N) is 3. The predicted molar refractivity (Wildman–Crippen MR) is 135 cm³/mol. The third-order valence-corrected chi connectivity index (χ3v) is 6.58. The third-order valence-electron chi connectivity index (χ3n) is 6.58. The molecule has 0 radical (unpaired) electrons. The van der Waals surface area contributed by atoms with Crippen LogP contribution in [0, 0.1) is 0 Å². The Hall–Kier alpha value is -4.15. The van der Waals surface area contributed by atoms with Gasteiger partial charge >= 0.3 is 12.3 Å². The van der Waals surface area contributed by atoms with E-state index in [0.717, 1.165) is 24.0 Å². The highest BCUT2D eigenvalue weighted by Crippen LogP contribution is 2.37. The lowest BCUT2D eigenvalue weighted by Crippen LogP contribution is -2.37. The van der Waals surface area contributed by atoms with Gasteiger partial charge in [0, 0.05) is 30.8 Å². The number of hydrogen-bond donors (Lipinski definition) is 3. The van der Waals surface area contributed by atoms with Gasteiger partial charge in [-0.15, -0.1) is 0 Å². The van der Waals surface area contributed by atoms with Crippen molar-refractivity contribution in [1.29, 1.82) is 0 Å². The Balaban J connectivity index is 1.62. The second kappa shape index (κ2) is 11.5. The van der Waals surface area contributed by atoms with Crippen LogP contribution < -0.4 is 11.1 Å². The van der Waals surface area contributed by atoms with Gasteiger partial charge in [-0.1, -0.05) is 42.5 Å². The van der Waals surface area contributed by atoms with E-state index in [1.165, 1.54) is 4.90 Å². The van der Waals surface area contributed by atoms with E-state index in [1.54, 1.807) is 54.6 Å². The van der Waals surface area contributed by atoms with Crippen LogP contribution in [0.25, 0.3) is 0 Å². The Labute approximate surface area is 217 Å². The van der Waals surface area contributed by atoms with E-state index in [4.69, 9.17) is 5.73 Å². The number of alkyl halides is 3. The maximum Gasteiger partial charge on any atom is 0.419 e. The normalized spacial score (nSPS) is 16.6. The lowest BCUT2D eigenvalue weighted by Gasteiger charge is -2.33. The molecule has 1 aromatic heterocycles. The summed E-state index contributed by atoms with van der Waals surface area (Å²) in [6, 6.07) is 15.6. The molecule has 8 nitrogen and oxygen atoms in total. The van der Waals surface area contributed by atoms with Gasteiger partial charge in [0.05, 0.1) is 17.3 Å². The van der Waals surface area contributed by atoms with E-state index in [9.17, 15) is 27.9 Å². The molecule has 2 unspecified atom stereocenters. The number of nitrogens with two attached hydrogens (primary N) is 1. The third kappa shape index (κ3) is 6.58. The van der Waals surface area contributed by atoms with Gasteiger partial charge in [-0.2, -0.15) is 13.2 Å². The van der Waals surface area contributed by atoms with Crippen molar-refractivity contribution in [3.63, 3.8) is 0 Å². The second-order valence-corrected chi connectivity index (χ2v) is 9.28. The smallest absolute Gasteiger partial charge is 0.419 e. The fraction of sp³-hybridized carbons (Fsp3) is 0.333. The second-order valence-electron chi connectivity index (χ2n) is 9.28. The maximum atomic E-state index is 13.9. The quantitative estimate of drug-likeness (QED) is 0.348.